The van der Waals surface area contributed by atoms with Gasteiger partial charge in [0.05, 0.1) is 10.5 Å². The fourth-order valence-electron chi connectivity index (χ4n) is 2.89. The van der Waals surface area contributed by atoms with Crippen LogP contribution in [0, 0.1) is 0 Å². The topological polar surface area (TPSA) is 145 Å². The van der Waals surface area contributed by atoms with Gasteiger partial charge in [-0.2, -0.15) is 0 Å². The maximum absolute atomic E-state index is 12.7. The van der Waals surface area contributed by atoms with E-state index in [-0.39, 0.29) is 27.0 Å². The minimum atomic E-state index is -1.39. The van der Waals surface area contributed by atoms with Gasteiger partial charge in [0.25, 0.3) is 5.91 Å². The number of amides is 1. The van der Waals surface area contributed by atoms with E-state index in [1.165, 1.54) is 18.2 Å². The van der Waals surface area contributed by atoms with Crippen molar-refractivity contribution in [2.24, 2.45) is 0 Å². The fourth-order valence-corrected chi connectivity index (χ4v) is 4.23. The van der Waals surface area contributed by atoms with Gasteiger partial charge in [-0.25, -0.2) is 9.59 Å². The van der Waals surface area contributed by atoms with Gasteiger partial charge < -0.3 is 19.7 Å². The predicted octanol–water partition coefficient (Wildman–Crippen LogP) is 3.16. The lowest BCUT2D eigenvalue weighted by molar-refractivity contribution is -0.146. The lowest BCUT2D eigenvalue weighted by Crippen LogP contribution is -2.44. The molecule has 0 spiro atoms. The van der Waals surface area contributed by atoms with Crippen molar-refractivity contribution < 1.29 is 38.9 Å². The molecular weight excluding hydrogens is 446 g/mol. The summed E-state index contributed by atoms with van der Waals surface area (Å²) in [6.07, 6.45) is 0.694. The number of carboxylic acid groups (broad SMARTS) is 3. The second-order valence-electron chi connectivity index (χ2n) is 6.43. The molecule has 1 aromatic carbocycles. The summed E-state index contributed by atoms with van der Waals surface area (Å²) in [4.78, 5) is 47.3. The lowest BCUT2D eigenvalue weighted by atomic mass is 10.1. The minimum absolute atomic E-state index is 0.00924. The van der Waals surface area contributed by atoms with Crippen LogP contribution in [0.1, 0.15) is 29.0 Å². The number of carbonyl (C=O) groups excluding carboxylic acids is 1. The second-order valence-corrected chi connectivity index (χ2v) is 8.10. The maximum Gasteiger partial charge on any atom is 0.335 e. The molecule has 9 nitrogen and oxygen atoms in total. The molecule has 1 aliphatic rings. The summed E-state index contributed by atoms with van der Waals surface area (Å²) in [5.41, 5.74) is 0.629. The highest BCUT2D eigenvalue weighted by Crippen LogP contribution is 2.35. The third-order valence-corrected chi connectivity index (χ3v) is 5.68. The quantitative estimate of drug-likeness (QED) is 0.396. The van der Waals surface area contributed by atoms with Crippen molar-refractivity contribution in [3.05, 3.63) is 52.6 Å². The Morgan fingerprint density at radius 3 is 2.55 bits per heavy atom. The second kappa shape index (κ2) is 9.14. The van der Waals surface area contributed by atoms with Crippen molar-refractivity contribution in [3.63, 3.8) is 0 Å². The van der Waals surface area contributed by atoms with Gasteiger partial charge in [-0.05, 0) is 30.7 Å². The lowest BCUT2D eigenvalue weighted by Gasteiger charge is -2.22. The normalized spacial score (nSPS) is 16.0. The molecule has 3 N–H and O–H groups in total. The Hall–Kier alpha value is -3.44. The Bertz CT molecular complexity index is 1120. The Morgan fingerprint density at radius 2 is 1.90 bits per heavy atom. The van der Waals surface area contributed by atoms with Crippen molar-refractivity contribution in [2.75, 3.05) is 0 Å². The third-order valence-electron chi connectivity index (χ3n) is 4.35. The summed E-state index contributed by atoms with van der Waals surface area (Å²) in [6, 6.07) is 7.95. The molecule has 0 radical (unpaired) electrons. The van der Waals surface area contributed by atoms with E-state index >= 15 is 0 Å². The average molecular weight is 461 g/mol. The summed E-state index contributed by atoms with van der Waals surface area (Å²) in [5.74, 6) is -3.59. The smallest absolute Gasteiger partial charge is 0.335 e. The van der Waals surface area contributed by atoms with E-state index in [0.29, 0.717) is 11.3 Å². The van der Waals surface area contributed by atoms with Crippen LogP contribution in [-0.2, 0) is 14.4 Å². The van der Waals surface area contributed by atoms with E-state index < -0.39 is 36.3 Å². The molecule has 0 bridgehead atoms. The monoisotopic (exact) mass is 461 g/mol. The van der Waals surface area contributed by atoms with Gasteiger partial charge in [-0.15, -0.1) is 0 Å². The third kappa shape index (κ3) is 5.01. The highest BCUT2D eigenvalue weighted by Gasteiger charge is 2.40. The van der Waals surface area contributed by atoms with Gasteiger partial charge in [0.15, 0.2) is 0 Å². The number of aromatic carboxylic acids is 1. The molecule has 160 valence electrons. The van der Waals surface area contributed by atoms with E-state index in [0.717, 1.165) is 16.7 Å². The van der Waals surface area contributed by atoms with Crippen LogP contribution in [0.4, 0.5) is 0 Å². The molecular formula is C20H15NO8S2. The number of hydrogen-bond donors (Lipinski definition) is 3. The van der Waals surface area contributed by atoms with Crippen LogP contribution in [-0.4, -0.2) is 54.4 Å². The number of thioether (sulfide) groups is 1. The standard InChI is InChI=1S/C20H15NO8S2/c22-16(23)7-5-13(19(27)28)21-17(24)15(31-20(21)30)9-12-4-6-14(29-12)10-2-1-3-11(8-10)18(25)26/h1-4,6,8-9,13H,5,7H2,(H,22,23)(H,25,26)(H,27,28)/b15-9-. The molecule has 2 heterocycles. The van der Waals surface area contributed by atoms with Crippen molar-refractivity contribution >= 4 is 58.2 Å². The van der Waals surface area contributed by atoms with Crippen LogP contribution in [0.25, 0.3) is 17.4 Å². The van der Waals surface area contributed by atoms with Crippen molar-refractivity contribution in [2.45, 2.75) is 18.9 Å². The SMILES string of the molecule is O=C(O)CCC(C(=O)O)N1C(=O)/C(=C/c2ccc(-c3cccc(C(=O)O)c3)o2)SC1=S. The number of nitrogens with zero attached hydrogens (tertiary/aromatic N) is 1. The number of carbonyl (C=O) groups is 4. The molecule has 0 saturated carbocycles. The number of hydrogen-bond acceptors (Lipinski definition) is 7. The molecule has 2 aromatic rings. The van der Waals surface area contributed by atoms with E-state index in [4.69, 9.17) is 26.8 Å². The Labute approximate surface area is 185 Å². The van der Waals surface area contributed by atoms with Crippen LogP contribution in [0.5, 0.6) is 0 Å². The Morgan fingerprint density at radius 1 is 1.16 bits per heavy atom. The van der Waals surface area contributed by atoms with Gasteiger partial charge in [-0.1, -0.05) is 36.1 Å². The summed E-state index contributed by atoms with van der Waals surface area (Å²) in [7, 11) is 0. The summed E-state index contributed by atoms with van der Waals surface area (Å²) < 4.78 is 5.69. The number of aliphatic carboxylic acids is 2. The van der Waals surface area contributed by atoms with Gasteiger partial charge in [0.1, 0.15) is 21.9 Å². The van der Waals surface area contributed by atoms with Crippen LogP contribution < -0.4 is 0 Å². The molecule has 1 aliphatic heterocycles. The zero-order valence-corrected chi connectivity index (χ0v) is 17.3. The first-order chi connectivity index (χ1) is 14.7. The summed E-state index contributed by atoms with van der Waals surface area (Å²) >= 11 is 6.03. The van der Waals surface area contributed by atoms with Crippen LogP contribution in [0.3, 0.4) is 0 Å². The highest BCUT2D eigenvalue weighted by molar-refractivity contribution is 8.26. The first-order valence-corrected chi connectivity index (χ1v) is 10.0. The van der Waals surface area contributed by atoms with Crippen molar-refractivity contribution in [1.82, 2.24) is 4.90 Å². The Balaban J connectivity index is 1.83. The molecule has 1 amide bonds. The fraction of sp³-hybridized carbons (Fsp3) is 0.150. The number of carboxylic acids is 3. The van der Waals surface area contributed by atoms with Gasteiger partial charge in [0.2, 0.25) is 0 Å². The molecule has 1 saturated heterocycles. The zero-order valence-electron chi connectivity index (χ0n) is 15.7. The van der Waals surface area contributed by atoms with E-state index in [2.05, 4.69) is 0 Å². The zero-order chi connectivity index (χ0) is 22.7. The number of thiocarbonyl (C=S) groups is 1. The first kappa shape index (κ1) is 22.2. The maximum atomic E-state index is 12.7. The average Bonchev–Trinajstić information content (AvgIpc) is 3.28. The van der Waals surface area contributed by atoms with Crippen molar-refractivity contribution in [3.8, 4) is 11.3 Å². The number of rotatable bonds is 8. The molecule has 1 fully saturated rings. The van der Waals surface area contributed by atoms with Crippen LogP contribution in [0.15, 0.2) is 45.7 Å². The number of benzene rings is 1. The molecule has 11 heteroatoms. The van der Waals surface area contributed by atoms with E-state index in [1.807, 2.05) is 0 Å². The molecule has 1 aromatic heterocycles. The molecule has 1 atom stereocenters. The van der Waals surface area contributed by atoms with Crippen molar-refractivity contribution in [1.29, 1.82) is 0 Å². The number of furan rings is 1. The predicted molar refractivity (Wildman–Crippen MR) is 114 cm³/mol. The molecule has 1 unspecified atom stereocenters. The van der Waals surface area contributed by atoms with Gasteiger partial charge in [-0.3, -0.25) is 14.5 Å². The summed E-state index contributed by atoms with van der Waals surface area (Å²) in [5, 5.41) is 27.3. The minimum Gasteiger partial charge on any atom is -0.481 e. The van der Waals surface area contributed by atoms with Crippen LogP contribution >= 0.6 is 24.0 Å². The van der Waals surface area contributed by atoms with Crippen LogP contribution in [0.2, 0.25) is 0 Å². The van der Waals surface area contributed by atoms with Gasteiger partial charge >= 0.3 is 17.9 Å². The molecule has 0 aliphatic carbocycles. The molecule has 3 rings (SSSR count). The summed E-state index contributed by atoms with van der Waals surface area (Å²) in [6.45, 7) is 0. The van der Waals surface area contributed by atoms with E-state index in [1.54, 1.807) is 24.3 Å². The highest BCUT2D eigenvalue weighted by atomic mass is 32.2. The first-order valence-electron chi connectivity index (χ1n) is 8.82. The van der Waals surface area contributed by atoms with E-state index in [9.17, 15) is 24.3 Å². The van der Waals surface area contributed by atoms with Gasteiger partial charge in [0, 0.05) is 18.1 Å². The molecule has 31 heavy (non-hydrogen) atoms. The largest absolute Gasteiger partial charge is 0.481 e. The Kier molecular flexibility index (Phi) is 6.56.